The Labute approximate surface area is 106 Å². The zero-order valence-corrected chi connectivity index (χ0v) is 11.6. The van der Waals surface area contributed by atoms with Gasteiger partial charge >= 0.3 is 0 Å². The number of rotatable bonds is 5. The van der Waals surface area contributed by atoms with Crippen LogP contribution < -0.4 is 5.32 Å². The van der Waals surface area contributed by atoms with Crippen molar-refractivity contribution in [2.24, 2.45) is 5.92 Å². The molecule has 16 heavy (non-hydrogen) atoms. The molecule has 0 amide bonds. The number of hydrogen-bond donors (Lipinski definition) is 1. The second-order valence-electron chi connectivity index (χ2n) is 4.17. The Morgan fingerprint density at radius 3 is 2.62 bits per heavy atom. The van der Waals surface area contributed by atoms with E-state index >= 15 is 0 Å². The molecule has 0 saturated carbocycles. The normalized spacial score (nSPS) is 14.8. The van der Waals surface area contributed by atoms with Crippen LogP contribution in [0.1, 0.15) is 38.3 Å². The molecule has 0 heterocycles. The molecule has 3 heteroatoms. The number of hydrogen-bond acceptors (Lipinski definition) is 1. The molecule has 2 unspecified atom stereocenters. The minimum atomic E-state index is -0.142. The fraction of sp³-hybridized carbons (Fsp3) is 0.538. The minimum absolute atomic E-state index is 0.0653. The van der Waals surface area contributed by atoms with Gasteiger partial charge in [0.25, 0.3) is 0 Å². The molecule has 1 aromatic carbocycles. The summed E-state index contributed by atoms with van der Waals surface area (Å²) in [5.41, 5.74) is 0.742. The highest BCUT2D eigenvalue weighted by atomic mass is 79.9. The van der Waals surface area contributed by atoms with Gasteiger partial charge in [0.05, 0.1) is 0 Å². The molecule has 1 rings (SSSR count). The van der Waals surface area contributed by atoms with Crippen LogP contribution in [0.25, 0.3) is 0 Å². The van der Waals surface area contributed by atoms with Crippen molar-refractivity contribution in [3.8, 4) is 0 Å². The average molecular weight is 288 g/mol. The van der Waals surface area contributed by atoms with Crippen molar-refractivity contribution in [1.29, 1.82) is 0 Å². The third kappa shape index (κ3) is 3.05. The molecular weight excluding hydrogens is 269 g/mol. The summed E-state index contributed by atoms with van der Waals surface area (Å²) in [6, 6.07) is 5.19. The van der Waals surface area contributed by atoms with Crippen molar-refractivity contribution in [2.45, 2.75) is 32.7 Å². The molecule has 0 aromatic heterocycles. The molecule has 90 valence electrons. The van der Waals surface area contributed by atoms with E-state index in [0.29, 0.717) is 5.92 Å². The van der Waals surface area contributed by atoms with Gasteiger partial charge in [0.15, 0.2) is 0 Å². The van der Waals surface area contributed by atoms with Crippen LogP contribution in [0.15, 0.2) is 22.7 Å². The van der Waals surface area contributed by atoms with E-state index in [9.17, 15) is 4.39 Å². The van der Waals surface area contributed by atoms with Crippen molar-refractivity contribution >= 4 is 15.9 Å². The molecular formula is C13H19BrFN. The number of halogens is 2. The summed E-state index contributed by atoms with van der Waals surface area (Å²) in [5, 5.41) is 3.21. The Morgan fingerprint density at radius 1 is 1.44 bits per heavy atom. The van der Waals surface area contributed by atoms with E-state index in [2.05, 4.69) is 35.1 Å². The zero-order chi connectivity index (χ0) is 12.1. The molecule has 1 nitrogen and oxygen atoms in total. The molecule has 0 fully saturated rings. The van der Waals surface area contributed by atoms with E-state index in [1.54, 1.807) is 6.07 Å². The highest BCUT2D eigenvalue weighted by Gasteiger charge is 2.22. The fourth-order valence-corrected chi connectivity index (χ4v) is 2.73. The molecule has 0 spiro atoms. The van der Waals surface area contributed by atoms with E-state index in [-0.39, 0.29) is 11.9 Å². The van der Waals surface area contributed by atoms with Crippen molar-refractivity contribution in [3.05, 3.63) is 34.1 Å². The number of nitrogens with one attached hydrogen (secondary N) is 1. The molecule has 2 atom stereocenters. The van der Waals surface area contributed by atoms with Gasteiger partial charge in [-0.25, -0.2) is 4.39 Å². The van der Waals surface area contributed by atoms with E-state index in [4.69, 9.17) is 0 Å². The predicted molar refractivity (Wildman–Crippen MR) is 70.0 cm³/mol. The van der Waals surface area contributed by atoms with Gasteiger partial charge in [0, 0.05) is 16.1 Å². The van der Waals surface area contributed by atoms with Gasteiger partial charge in [-0.2, -0.15) is 0 Å². The van der Waals surface area contributed by atoms with Crippen LogP contribution in [0, 0.1) is 11.7 Å². The van der Waals surface area contributed by atoms with Gasteiger partial charge < -0.3 is 5.32 Å². The maximum Gasteiger partial charge on any atom is 0.129 e. The lowest BCUT2D eigenvalue weighted by atomic mass is 9.91. The molecule has 0 aliphatic carbocycles. The SMILES string of the molecule is CCCC(C)C(NC)c1c(F)cccc1Br. The van der Waals surface area contributed by atoms with E-state index < -0.39 is 0 Å². The summed E-state index contributed by atoms with van der Waals surface area (Å²) >= 11 is 3.43. The van der Waals surface area contributed by atoms with Crippen LogP contribution in [0.3, 0.4) is 0 Å². The molecule has 0 aliphatic rings. The van der Waals surface area contributed by atoms with Crippen molar-refractivity contribution < 1.29 is 4.39 Å². The molecule has 1 N–H and O–H groups in total. The number of benzene rings is 1. The summed E-state index contributed by atoms with van der Waals surface area (Å²) in [5.74, 6) is 0.278. The summed E-state index contributed by atoms with van der Waals surface area (Å²) in [7, 11) is 1.88. The van der Waals surface area contributed by atoms with Gasteiger partial charge in [0.2, 0.25) is 0 Å². The minimum Gasteiger partial charge on any atom is -0.313 e. The van der Waals surface area contributed by atoms with Gasteiger partial charge in [-0.3, -0.25) is 0 Å². The topological polar surface area (TPSA) is 12.0 Å². The quantitative estimate of drug-likeness (QED) is 0.852. The highest BCUT2D eigenvalue weighted by Crippen LogP contribution is 2.32. The summed E-state index contributed by atoms with van der Waals surface area (Å²) in [6.45, 7) is 4.31. The van der Waals surface area contributed by atoms with Crippen LogP contribution in [0.4, 0.5) is 4.39 Å². The van der Waals surface area contributed by atoms with Gasteiger partial charge in [-0.1, -0.05) is 42.3 Å². The monoisotopic (exact) mass is 287 g/mol. The van der Waals surface area contributed by atoms with Crippen LogP contribution in [0.5, 0.6) is 0 Å². The summed E-state index contributed by atoms with van der Waals surface area (Å²) < 4.78 is 14.7. The standard InChI is InChI=1S/C13H19BrFN/c1-4-6-9(2)13(16-3)12-10(14)7-5-8-11(12)15/h5,7-9,13,16H,4,6H2,1-3H3. The fourth-order valence-electron chi connectivity index (χ4n) is 2.14. The Balaban J connectivity index is 3.03. The van der Waals surface area contributed by atoms with Gasteiger partial charge in [0.1, 0.15) is 5.82 Å². The third-order valence-corrected chi connectivity index (χ3v) is 3.63. The van der Waals surface area contributed by atoms with Crippen LogP contribution in [-0.4, -0.2) is 7.05 Å². The Bertz CT molecular complexity index is 320. The second kappa shape index (κ2) is 6.36. The average Bonchev–Trinajstić information content (AvgIpc) is 2.24. The highest BCUT2D eigenvalue weighted by molar-refractivity contribution is 9.10. The first-order chi connectivity index (χ1) is 7.61. The van der Waals surface area contributed by atoms with Crippen molar-refractivity contribution in [3.63, 3.8) is 0 Å². The predicted octanol–water partition coefficient (Wildman–Crippen LogP) is 4.28. The first kappa shape index (κ1) is 13.7. The molecule has 0 radical (unpaired) electrons. The maximum absolute atomic E-state index is 13.8. The Kier molecular flexibility index (Phi) is 5.42. The molecule has 1 aromatic rings. The Hall–Kier alpha value is -0.410. The van der Waals surface area contributed by atoms with Gasteiger partial charge in [-0.15, -0.1) is 0 Å². The lowest BCUT2D eigenvalue weighted by Crippen LogP contribution is -2.25. The zero-order valence-electron chi connectivity index (χ0n) is 10.1. The maximum atomic E-state index is 13.8. The summed E-state index contributed by atoms with van der Waals surface area (Å²) in [6.07, 6.45) is 2.21. The van der Waals surface area contributed by atoms with Gasteiger partial charge in [-0.05, 0) is 31.5 Å². The van der Waals surface area contributed by atoms with Crippen LogP contribution in [0.2, 0.25) is 0 Å². The lowest BCUT2D eigenvalue weighted by Gasteiger charge is -2.25. The summed E-state index contributed by atoms with van der Waals surface area (Å²) in [4.78, 5) is 0. The van der Waals surface area contributed by atoms with E-state index in [1.165, 1.54) is 6.07 Å². The van der Waals surface area contributed by atoms with Crippen LogP contribution >= 0.6 is 15.9 Å². The van der Waals surface area contributed by atoms with E-state index in [0.717, 1.165) is 22.9 Å². The molecule has 0 bridgehead atoms. The smallest absolute Gasteiger partial charge is 0.129 e. The van der Waals surface area contributed by atoms with E-state index in [1.807, 2.05) is 13.1 Å². The largest absolute Gasteiger partial charge is 0.313 e. The molecule has 0 saturated heterocycles. The lowest BCUT2D eigenvalue weighted by molar-refractivity contribution is 0.371. The van der Waals surface area contributed by atoms with Crippen molar-refractivity contribution in [2.75, 3.05) is 7.05 Å². The third-order valence-electron chi connectivity index (χ3n) is 2.93. The Morgan fingerprint density at radius 2 is 2.12 bits per heavy atom. The first-order valence-corrected chi connectivity index (χ1v) is 6.52. The van der Waals surface area contributed by atoms with Crippen LogP contribution in [-0.2, 0) is 0 Å². The first-order valence-electron chi connectivity index (χ1n) is 5.73. The molecule has 0 aliphatic heterocycles. The van der Waals surface area contributed by atoms with Crippen molar-refractivity contribution in [1.82, 2.24) is 5.32 Å². The second-order valence-corrected chi connectivity index (χ2v) is 5.02.